The number of carbonyl (C=O) groups excluding carboxylic acids is 1. The summed E-state index contributed by atoms with van der Waals surface area (Å²) < 4.78 is 5.15. The van der Waals surface area contributed by atoms with Gasteiger partial charge in [0.2, 0.25) is 5.91 Å². The molecule has 2 aromatic carbocycles. The highest BCUT2D eigenvalue weighted by molar-refractivity contribution is 6.35. The molecule has 1 heterocycles. The van der Waals surface area contributed by atoms with E-state index in [-0.39, 0.29) is 17.9 Å². The van der Waals surface area contributed by atoms with Gasteiger partial charge in [0.1, 0.15) is 5.75 Å². The number of anilines is 1. The van der Waals surface area contributed by atoms with Gasteiger partial charge >= 0.3 is 0 Å². The molecule has 0 saturated heterocycles. The van der Waals surface area contributed by atoms with Gasteiger partial charge in [-0.1, -0.05) is 23.2 Å². The summed E-state index contributed by atoms with van der Waals surface area (Å²) in [5, 5.41) is 4.46. The second kappa shape index (κ2) is 7.81. The highest BCUT2D eigenvalue weighted by atomic mass is 35.5. The SMILES string of the molecule is COc1ccc2cc(CCC(=O)Nc3cc(Cl)ccc3Cl)c(=O)[nH]c2c1. The molecule has 1 aromatic heterocycles. The Bertz CT molecular complexity index is 1030. The quantitative estimate of drug-likeness (QED) is 0.677. The maximum atomic E-state index is 12.2. The van der Waals surface area contributed by atoms with Gasteiger partial charge in [0.15, 0.2) is 0 Å². The smallest absolute Gasteiger partial charge is 0.251 e. The molecule has 0 bridgehead atoms. The molecule has 3 aromatic rings. The lowest BCUT2D eigenvalue weighted by atomic mass is 10.1. The lowest BCUT2D eigenvalue weighted by Crippen LogP contribution is -2.17. The Labute approximate surface area is 159 Å². The Hall–Kier alpha value is -2.50. The molecule has 0 radical (unpaired) electrons. The Morgan fingerprint density at radius 1 is 1.15 bits per heavy atom. The standard InChI is InChI=1S/C19H16Cl2N2O3/c1-26-14-5-2-11-8-12(19(25)23-16(11)10-14)3-7-18(24)22-17-9-13(20)4-6-15(17)21/h2,4-6,8-10H,3,7H2,1H3,(H,22,24)(H,23,25). The third-order valence-corrected chi connectivity index (χ3v) is 4.52. The first-order valence-electron chi connectivity index (χ1n) is 7.91. The van der Waals surface area contributed by atoms with E-state index in [1.54, 1.807) is 37.4 Å². The van der Waals surface area contributed by atoms with E-state index in [4.69, 9.17) is 27.9 Å². The fourth-order valence-electron chi connectivity index (χ4n) is 2.59. The Morgan fingerprint density at radius 3 is 2.73 bits per heavy atom. The van der Waals surface area contributed by atoms with Crippen molar-refractivity contribution in [2.24, 2.45) is 0 Å². The Morgan fingerprint density at radius 2 is 1.96 bits per heavy atom. The number of fused-ring (bicyclic) bond motifs is 1. The number of hydrogen-bond acceptors (Lipinski definition) is 3. The fourth-order valence-corrected chi connectivity index (χ4v) is 2.93. The van der Waals surface area contributed by atoms with Crippen molar-refractivity contribution in [3.63, 3.8) is 0 Å². The van der Waals surface area contributed by atoms with E-state index in [1.165, 1.54) is 0 Å². The molecule has 2 N–H and O–H groups in total. The van der Waals surface area contributed by atoms with Gasteiger partial charge in [0, 0.05) is 23.1 Å². The normalized spacial score (nSPS) is 10.7. The number of nitrogens with one attached hydrogen (secondary N) is 2. The summed E-state index contributed by atoms with van der Waals surface area (Å²) in [7, 11) is 1.57. The topological polar surface area (TPSA) is 71.2 Å². The average Bonchev–Trinajstić information content (AvgIpc) is 2.62. The number of ether oxygens (including phenoxy) is 1. The number of aromatic nitrogens is 1. The molecule has 7 heteroatoms. The number of H-pyrrole nitrogens is 1. The first-order valence-corrected chi connectivity index (χ1v) is 8.67. The van der Waals surface area contributed by atoms with Gasteiger partial charge in [-0.25, -0.2) is 0 Å². The number of halogens is 2. The molecule has 0 fully saturated rings. The minimum atomic E-state index is -0.247. The van der Waals surface area contributed by atoms with Crippen molar-refractivity contribution in [1.82, 2.24) is 4.98 Å². The number of hydrogen-bond donors (Lipinski definition) is 2. The van der Waals surface area contributed by atoms with Crippen LogP contribution in [0.1, 0.15) is 12.0 Å². The Kier molecular flexibility index (Phi) is 5.49. The van der Waals surface area contributed by atoms with Crippen LogP contribution in [0.25, 0.3) is 10.9 Å². The van der Waals surface area contributed by atoms with Crippen LogP contribution in [-0.2, 0) is 11.2 Å². The molecule has 3 rings (SSSR count). The third-order valence-electron chi connectivity index (χ3n) is 3.95. The maximum absolute atomic E-state index is 12.2. The lowest BCUT2D eigenvalue weighted by molar-refractivity contribution is -0.116. The summed E-state index contributed by atoms with van der Waals surface area (Å²) in [6.07, 6.45) is 0.453. The third kappa shape index (κ3) is 4.18. The van der Waals surface area contributed by atoms with Crippen molar-refractivity contribution in [2.45, 2.75) is 12.8 Å². The molecule has 0 atom stereocenters. The highest BCUT2D eigenvalue weighted by Gasteiger charge is 2.10. The summed E-state index contributed by atoms with van der Waals surface area (Å²) in [6, 6.07) is 12.1. The van der Waals surface area contributed by atoms with Crippen molar-refractivity contribution < 1.29 is 9.53 Å². The maximum Gasteiger partial charge on any atom is 0.251 e. The molecule has 134 valence electrons. The van der Waals surface area contributed by atoms with Crippen LogP contribution in [0.5, 0.6) is 5.75 Å². The molecule has 0 aliphatic heterocycles. The van der Waals surface area contributed by atoms with Crippen LogP contribution in [0.15, 0.2) is 47.3 Å². The number of aryl methyl sites for hydroxylation is 1. The van der Waals surface area contributed by atoms with Gasteiger partial charge < -0.3 is 15.0 Å². The molecule has 0 spiro atoms. The summed E-state index contributed by atoms with van der Waals surface area (Å²) in [4.78, 5) is 27.2. The summed E-state index contributed by atoms with van der Waals surface area (Å²) >= 11 is 11.9. The van der Waals surface area contributed by atoms with E-state index in [0.29, 0.717) is 39.0 Å². The number of methoxy groups -OCH3 is 1. The second-order valence-corrected chi connectivity index (χ2v) is 6.59. The van der Waals surface area contributed by atoms with Gasteiger partial charge in [-0.2, -0.15) is 0 Å². The predicted molar refractivity (Wildman–Crippen MR) is 105 cm³/mol. The van der Waals surface area contributed by atoms with Crippen molar-refractivity contribution in [3.05, 3.63) is 68.4 Å². The van der Waals surface area contributed by atoms with Crippen molar-refractivity contribution in [3.8, 4) is 5.75 Å². The van der Waals surface area contributed by atoms with Crippen LogP contribution in [0, 0.1) is 0 Å². The molecule has 0 saturated carbocycles. The summed E-state index contributed by atoms with van der Waals surface area (Å²) in [5.41, 5.74) is 1.45. The monoisotopic (exact) mass is 390 g/mol. The van der Waals surface area contributed by atoms with E-state index in [1.807, 2.05) is 12.1 Å². The second-order valence-electron chi connectivity index (χ2n) is 5.75. The van der Waals surface area contributed by atoms with Crippen LogP contribution >= 0.6 is 23.2 Å². The van der Waals surface area contributed by atoms with E-state index < -0.39 is 0 Å². The van der Waals surface area contributed by atoms with Crippen molar-refractivity contribution in [2.75, 3.05) is 12.4 Å². The van der Waals surface area contributed by atoms with Gasteiger partial charge in [-0.15, -0.1) is 0 Å². The number of rotatable bonds is 5. The van der Waals surface area contributed by atoms with Crippen molar-refractivity contribution in [1.29, 1.82) is 0 Å². The molecule has 0 aliphatic carbocycles. The van der Waals surface area contributed by atoms with E-state index in [2.05, 4.69) is 10.3 Å². The highest BCUT2D eigenvalue weighted by Crippen LogP contribution is 2.25. The number of benzene rings is 2. The minimum absolute atomic E-state index is 0.146. The molecule has 0 unspecified atom stereocenters. The van der Waals surface area contributed by atoms with Crippen molar-refractivity contribution >= 4 is 45.7 Å². The number of amides is 1. The summed E-state index contributed by atoms with van der Waals surface area (Å²) in [5.74, 6) is 0.419. The number of aromatic amines is 1. The van der Waals surface area contributed by atoms with E-state index in [0.717, 1.165) is 5.39 Å². The first kappa shape index (κ1) is 18.3. The fraction of sp³-hybridized carbons (Fsp3) is 0.158. The van der Waals surface area contributed by atoms with E-state index in [9.17, 15) is 9.59 Å². The van der Waals surface area contributed by atoms with Gasteiger partial charge in [-0.3, -0.25) is 9.59 Å². The van der Waals surface area contributed by atoms with Gasteiger partial charge in [0.05, 0.1) is 23.3 Å². The molecule has 1 amide bonds. The minimum Gasteiger partial charge on any atom is -0.497 e. The average molecular weight is 391 g/mol. The largest absolute Gasteiger partial charge is 0.497 e. The zero-order chi connectivity index (χ0) is 18.7. The van der Waals surface area contributed by atoms with Crippen LogP contribution in [-0.4, -0.2) is 18.0 Å². The first-order chi connectivity index (χ1) is 12.5. The molecular formula is C19H16Cl2N2O3. The van der Waals surface area contributed by atoms with E-state index >= 15 is 0 Å². The molecule has 26 heavy (non-hydrogen) atoms. The van der Waals surface area contributed by atoms with Crippen LogP contribution in [0.2, 0.25) is 10.0 Å². The molecule has 5 nitrogen and oxygen atoms in total. The van der Waals surface area contributed by atoms with Gasteiger partial charge in [-0.05, 0) is 48.2 Å². The Balaban J connectivity index is 1.72. The zero-order valence-electron chi connectivity index (χ0n) is 13.9. The number of pyridine rings is 1. The molecular weight excluding hydrogens is 375 g/mol. The number of carbonyl (C=O) groups is 1. The van der Waals surface area contributed by atoms with Gasteiger partial charge in [0.25, 0.3) is 5.56 Å². The lowest BCUT2D eigenvalue weighted by Gasteiger charge is -2.08. The molecule has 0 aliphatic rings. The van der Waals surface area contributed by atoms with Crippen LogP contribution < -0.4 is 15.6 Å². The predicted octanol–water partition coefficient (Wildman–Crippen LogP) is 4.41. The van der Waals surface area contributed by atoms with Crippen LogP contribution in [0.4, 0.5) is 5.69 Å². The zero-order valence-corrected chi connectivity index (χ0v) is 15.4. The van der Waals surface area contributed by atoms with Crippen LogP contribution in [0.3, 0.4) is 0 Å². The summed E-state index contributed by atoms with van der Waals surface area (Å²) in [6.45, 7) is 0.